The SMILES string of the molecule is Cc1cc(C)c(S(=O)(=O)Nc2ccc3cc(-c4cccc(CN)c4)ccc3n2)c(C)c1. The predicted molar refractivity (Wildman–Crippen MR) is 127 cm³/mol. The molecule has 0 aliphatic heterocycles. The Balaban J connectivity index is 1.67. The molecule has 0 radical (unpaired) electrons. The van der Waals surface area contributed by atoms with E-state index in [0.717, 1.165) is 44.3 Å². The molecule has 0 bridgehead atoms. The molecule has 31 heavy (non-hydrogen) atoms. The molecule has 4 rings (SSSR count). The van der Waals surface area contributed by atoms with Crippen LogP contribution in [0.15, 0.2) is 71.6 Å². The zero-order valence-electron chi connectivity index (χ0n) is 17.8. The van der Waals surface area contributed by atoms with Gasteiger partial charge in [-0.1, -0.05) is 42.0 Å². The molecule has 1 aromatic heterocycles. The number of hydrogen-bond acceptors (Lipinski definition) is 4. The molecule has 0 aliphatic carbocycles. The van der Waals surface area contributed by atoms with E-state index < -0.39 is 10.0 Å². The topological polar surface area (TPSA) is 85.1 Å². The van der Waals surface area contributed by atoms with Crippen LogP contribution in [0, 0.1) is 20.8 Å². The summed E-state index contributed by atoms with van der Waals surface area (Å²) in [5.74, 6) is 0.296. The summed E-state index contributed by atoms with van der Waals surface area (Å²) in [4.78, 5) is 4.82. The molecule has 0 spiro atoms. The molecule has 3 N–H and O–H groups in total. The van der Waals surface area contributed by atoms with Crippen molar-refractivity contribution in [3.63, 3.8) is 0 Å². The first-order valence-electron chi connectivity index (χ1n) is 10.1. The number of sulfonamides is 1. The molecule has 0 saturated carbocycles. The molecular formula is C25H25N3O2S. The highest BCUT2D eigenvalue weighted by Gasteiger charge is 2.20. The van der Waals surface area contributed by atoms with Crippen LogP contribution in [-0.2, 0) is 16.6 Å². The van der Waals surface area contributed by atoms with Crippen LogP contribution in [0.25, 0.3) is 22.0 Å². The van der Waals surface area contributed by atoms with Gasteiger partial charge in [0.05, 0.1) is 10.4 Å². The van der Waals surface area contributed by atoms with E-state index in [0.29, 0.717) is 17.3 Å². The summed E-state index contributed by atoms with van der Waals surface area (Å²) in [5, 5.41) is 0.932. The number of fused-ring (bicyclic) bond motifs is 1. The standard InChI is InChI=1S/C25H25N3O2S/c1-16-11-17(2)25(18(3)12-16)31(29,30)28-24-10-8-22-14-21(7-9-23(22)27-24)20-6-4-5-19(13-20)15-26/h4-14H,15,26H2,1-3H3,(H,27,28). The molecule has 5 nitrogen and oxygen atoms in total. The summed E-state index contributed by atoms with van der Waals surface area (Å²) in [7, 11) is -3.74. The quantitative estimate of drug-likeness (QED) is 0.461. The highest BCUT2D eigenvalue weighted by Crippen LogP contribution is 2.27. The molecule has 158 valence electrons. The average Bonchev–Trinajstić information content (AvgIpc) is 2.72. The summed E-state index contributed by atoms with van der Waals surface area (Å²) >= 11 is 0. The third kappa shape index (κ3) is 4.31. The van der Waals surface area contributed by atoms with Crippen LogP contribution in [-0.4, -0.2) is 13.4 Å². The first kappa shape index (κ1) is 21.0. The number of pyridine rings is 1. The van der Waals surface area contributed by atoms with E-state index in [1.54, 1.807) is 6.07 Å². The second-order valence-corrected chi connectivity index (χ2v) is 9.46. The summed E-state index contributed by atoms with van der Waals surface area (Å²) < 4.78 is 28.7. The maximum Gasteiger partial charge on any atom is 0.263 e. The first-order valence-corrected chi connectivity index (χ1v) is 11.6. The molecule has 1 heterocycles. The lowest BCUT2D eigenvalue weighted by Crippen LogP contribution is -2.16. The molecule has 0 amide bonds. The van der Waals surface area contributed by atoms with Gasteiger partial charge in [-0.25, -0.2) is 13.4 Å². The van der Waals surface area contributed by atoms with E-state index in [1.807, 2.05) is 75.4 Å². The minimum Gasteiger partial charge on any atom is -0.326 e. The fourth-order valence-electron chi connectivity index (χ4n) is 4.02. The van der Waals surface area contributed by atoms with Crippen molar-refractivity contribution in [1.29, 1.82) is 0 Å². The number of hydrogen-bond donors (Lipinski definition) is 2. The number of nitrogens with two attached hydrogens (primary N) is 1. The van der Waals surface area contributed by atoms with Gasteiger partial charge in [0.1, 0.15) is 5.82 Å². The predicted octanol–water partition coefficient (Wildman–Crippen LogP) is 5.09. The van der Waals surface area contributed by atoms with Gasteiger partial charge in [-0.05, 0) is 78.9 Å². The third-order valence-electron chi connectivity index (χ3n) is 5.30. The zero-order chi connectivity index (χ0) is 22.2. The summed E-state index contributed by atoms with van der Waals surface area (Å²) in [6.07, 6.45) is 0. The monoisotopic (exact) mass is 431 g/mol. The van der Waals surface area contributed by atoms with Crippen molar-refractivity contribution < 1.29 is 8.42 Å². The number of aryl methyl sites for hydroxylation is 3. The van der Waals surface area contributed by atoms with E-state index in [1.165, 1.54) is 0 Å². The Labute approximate surface area is 183 Å². The van der Waals surface area contributed by atoms with Crippen molar-refractivity contribution >= 4 is 26.7 Å². The van der Waals surface area contributed by atoms with Crippen molar-refractivity contribution in [1.82, 2.24) is 4.98 Å². The van der Waals surface area contributed by atoms with Gasteiger partial charge in [-0.2, -0.15) is 0 Å². The van der Waals surface area contributed by atoms with Crippen molar-refractivity contribution in [2.75, 3.05) is 4.72 Å². The van der Waals surface area contributed by atoms with Crippen LogP contribution in [0.5, 0.6) is 0 Å². The minimum atomic E-state index is -3.74. The smallest absolute Gasteiger partial charge is 0.263 e. The lowest BCUT2D eigenvalue weighted by atomic mass is 10.0. The Morgan fingerprint density at radius 3 is 2.29 bits per heavy atom. The van der Waals surface area contributed by atoms with Gasteiger partial charge >= 0.3 is 0 Å². The Kier molecular flexibility index (Phi) is 5.52. The summed E-state index contributed by atoms with van der Waals surface area (Å²) in [5.41, 5.74) is 12.2. The highest BCUT2D eigenvalue weighted by atomic mass is 32.2. The van der Waals surface area contributed by atoms with Crippen LogP contribution in [0.2, 0.25) is 0 Å². The minimum absolute atomic E-state index is 0.296. The van der Waals surface area contributed by atoms with E-state index in [9.17, 15) is 8.42 Å². The Morgan fingerprint density at radius 2 is 1.58 bits per heavy atom. The van der Waals surface area contributed by atoms with Gasteiger partial charge in [-0.3, -0.25) is 4.72 Å². The van der Waals surface area contributed by atoms with Crippen LogP contribution in [0.1, 0.15) is 22.3 Å². The van der Waals surface area contributed by atoms with Crippen LogP contribution >= 0.6 is 0 Å². The van der Waals surface area contributed by atoms with Crippen molar-refractivity contribution in [3.05, 3.63) is 89.0 Å². The first-order chi connectivity index (χ1) is 14.8. The highest BCUT2D eigenvalue weighted by molar-refractivity contribution is 7.92. The Morgan fingerprint density at radius 1 is 0.871 bits per heavy atom. The van der Waals surface area contributed by atoms with Gasteiger partial charge in [0.2, 0.25) is 0 Å². The number of benzene rings is 3. The maximum atomic E-state index is 13.0. The maximum absolute atomic E-state index is 13.0. The average molecular weight is 432 g/mol. The van der Waals surface area contributed by atoms with E-state index >= 15 is 0 Å². The van der Waals surface area contributed by atoms with Gasteiger partial charge in [0.15, 0.2) is 0 Å². The van der Waals surface area contributed by atoms with Gasteiger partial charge in [0, 0.05) is 11.9 Å². The van der Waals surface area contributed by atoms with Crippen molar-refractivity contribution in [2.45, 2.75) is 32.2 Å². The summed E-state index contributed by atoms with van der Waals surface area (Å²) in [6, 6.07) is 21.4. The van der Waals surface area contributed by atoms with Gasteiger partial charge in [0.25, 0.3) is 10.0 Å². The number of rotatable bonds is 5. The fraction of sp³-hybridized carbons (Fsp3) is 0.160. The van der Waals surface area contributed by atoms with Gasteiger partial charge < -0.3 is 5.73 Å². The number of anilines is 1. The Bertz CT molecular complexity index is 1370. The third-order valence-corrected chi connectivity index (χ3v) is 6.96. The summed E-state index contributed by atoms with van der Waals surface area (Å²) in [6.45, 7) is 6.06. The molecule has 0 aliphatic rings. The number of aromatic nitrogens is 1. The molecular weight excluding hydrogens is 406 g/mol. The van der Waals surface area contributed by atoms with Gasteiger partial charge in [-0.15, -0.1) is 0 Å². The van der Waals surface area contributed by atoms with Crippen molar-refractivity contribution in [2.24, 2.45) is 5.73 Å². The van der Waals surface area contributed by atoms with E-state index in [2.05, 4.69) is 15.8 Å². The lowest BCUT2D eigenvalue weighted by molar-refractivity contribution is 0.600. The van der Waals surface area contributed by atoms with Crippen LogP contribution in [0.4, 0.5) is 5.82 Å². The fourth-order valence-corrected chi connectivity index (χ4v) is 5.48. The largest absolute Gasteiger partial charge is 0.326 e. The molecule has 0 unspecified atom stereocenters. The van der Waals surface area contributed by atoms with Crippen LogP contribution < -0.4 is 10.5 Å². The van der Waals surface area contributed by atoms with Crippen LogP contribution in [0.3, 0.4) is 0 Å². The lowest BCUT2D eigenvalue weighted by Gasteiger charge is -2.14. The number of nitrogens with one attached hydrogen (secondary N) is 1. The second kappa shape index (κ2) is 8.13. The molecule has 4 aromatic rings. The number of nitrogens with zero attached hydrogens (tertiary/aromatic N) is 1. The molecule has 0 atom stereocenters. The second-order valence-electron chi connectivity index (χ2n) is 7.84. The molecule has 3 aromatic carbocycles. The molecule has 0 saturated heterocycles. The Hall–Kier alpha value is -3.22. The molecule has 6 heteroatoms. The zero-order valence-corrected chi connectivity index (χ0v) is 18.6. The normalized spacial score (nSPS) is 11.6. The van der Waals surface area contributed by atoms with E-state index in [-0.39, 0.29) is 0 Å². The molecule has 0 fully saturated rings. The van der Waals surface area contributed by atoms with E-state index in [4.69, 9.17) is 5.73 Å². The van der Waals surface area contributed by atoms with Crippen molar-refractivity contribution in [3.8, 4) is 11.1 Å².